The van der Waals surface area contributed by atoms with Crippen molar-refractivity contribution in [3.05, 3.63) is 71.6 Å². The first-order valence-electron chi connectivity index (χ1n) is 7.75. The normalized spacial score (nSPS) is 13.6. The van der Waals surface area contributed by atoms with Crippen LogP contribution in [0.15, 0.2) is 48.8 Å². The Balaban J connectivity index is 1.63. The molecule has 0 aliphatic heterocycles. The van der Waals surface area contributed by atoms with Gasteiger partial charge in [0, 0.05) is 12.6 Å². The lowest BCUT2D eigenvalue weighted by atomic mass is 10.1. The van der Waals surface area contributed by atoms with E-state index in [0.717, 1.165) is 23.4 Å². The number of aromatic nitrogens is 4. The Bertz CT molecular complexity index is 803. The third kappa shape index (κ3) is 3.86. The molecule has 130 valence electrons. The molecule has 1 aromatic heterocycles. The Morgan fingerprint density at radius 1 is 1.12 bits per heavy atom. The predicted octanol–water partition coefficient (Wildman–Crippen LogP) is 2.32. The lowest BCUT2D eigenvalue weighted by molar-refractivity contribution is 0.161. The number of hydrogen-bond acceptors (Lipinski definition) is 5. The van der Waals surface area contributed by atoms with E-state index in [0.29, 0.717) is 0 Å². The molecule has 0 aliphatic rings. The van der Waals surface area contributed by atoms with E-state index in [1.807, 2.05) is 31.2 Å². The van der Waals surface area contributed by atoms with Crippen LogP contribution in [0.2, 0.25) is 0 Å². The van der Waals surface area contributed by atoms with Gasteiger partial charge < -0.3 is 10.4 Å². The first-order valence-corrected chi connectivity index (χ1v) is 7.75. The number of aliphatic hydroxyl groups excluding tert-OH is 1. The highest BCUT2D eigenvalue weighted by molar-refractivity contribution is 5.34. The first kappa shape index (κ1) is 17.1. The van der Waals surface area contributed by atoms with E-state index in [2.05, 4.69) is 20.8 Å². The van der Waals surface area contributed by atoms with Gasteiger partial charge in [-0.25, -0.2) is 13.5 Å². The summed E-state index contributed by atoms with van der Waals surface area (Å²) in [7, 11) is 0. The van der Waals surface area contributed by atoms with Crippen molar-refractivity contribution in [3.8, 4) is 5.69 Å². The van der Waals surface area contributed by atoms with E-state index in [-0.39, 0.29) is 18.2 Å². The van der Waals surface area contributed by atoms with Gasteiger partial charge in [0.25, 0.3) is 0 Å². The van der Waals surface area contributed by atoms with Crippen LogP contribution in [0.4, 0.5) is 8.78 Å². The third-order valence-electron chi connectivity index (χ3n) is 3.96. The molecule has 25 heavy (non-hydrogen) atoms. The summed E-state index contributed by atoms with van der Waals surface area (Å²) in [6, 6.07) is 10.9. The molecule has 2 atom stereocenters. The van der Waals surface area contributed by atoms with Gasteiger partial charge in [0.2, 0.25) is 0 Å². The molecule has 8 heteroatoms. The van der Waals surface area contributed by atoms with Crippen molar-refractivity contribution in [2.45, 2.75) is 19.1 Å². The molecule has 2 N–H and O–H groups in total. The van der Waals surface area contributed by atoms with E-state index >= 15 is 0 Å². The summed E-state index contributed by atoms with van der Waals surface area (Å²) in [5, 5.41) is 24.1. The zero-order valence-corrected chi connectivity index (χ0v) is 13.5. The number of tetrazole rings is 1. The predicted molar refractivity (Wildman–Crippen MR) is 86.9 cm³/mol. The summed E-state index contributed by atoms with van der Waals surface area (Å²) >= 11 is 0. The number of benzene rings is 2. The summed E-state index contributed by atoms with van der Waals surface area (Å²) in [5.41, 5.74) is 1.45. The zero-order chi connectivity index (χ0) is 17.8. The SMILES string of the molecule is CC(NCC(O)c1c(F)cccc1F)c1ccc(-n2cnnn2)cc1. The average Bonchev–Trinajstić information content (AvgIpc) is 3.14. The highest BCUT2D eigenvalue weighted by atomic mass is 19.1. The molecule has 3 rings (SSSR count). The van der Waals surface area contributed by atoms with Gasteiger partial charge in [0.1, 0.15) is 18.0 Å². The highest BCUT2D eigenvalue weighted by Gasteiger charge is 2.18. The minimum Gasteiger partial charge on any atom is -0.387 e. The number of nitrogens with one attached hydrogen (secondary N) is 1. The molecule has 0 saturated carbocycles. The number of hydrogen-bond donors (Lipinski definition) is 2. The Morgan fingerprint density at radius 3 is 2.40 bits per heavy atom. The number of rotatable bonds is 6. The second-order valence-corrected chi connectivity index (χ2v) is 5.63. The molecule has 2 aromatic carbocycles. The molecule has 0 fully saturated rings. The summed E-state index contributed by atoms with van der Waals surface area (Å²) in [4.78, 5) is 0. The standard InChI is InChI=1S/C17H17F2N5O/c1-11(12-5-7-13(8-6-12)24-10-21-22-23-24)20-9-16(25)17-14(18)3-2-4-15(17)19/h2-8,10-11,16,20,25H,9H2,1H3. The molecular weight excluding hydrogens is 328 g/mol. The van der Waals surface area contributed by atoms with Crippen molar-refractivity contribution in [1.29, 1.82) is 0 Å². The van der Waals surface area contributed by atoms with E-state index in [1.54, 1.807) is 0 Å². The van der Waals surface area contributed by atoms with Crippen LogP contribution in [0.25, 0.3) is 5.69 Å². The lowest BCUT2D eigenvalue weighted by Crippen LogP contribution is -2.25. The van der Waals surface area contributed by atoms with E-state index in [1.165, 1.54) is 17.1 Å². The summed E-state index contributed by atoms with van der Waals surface area (Å²) in [6.07, 6.45) is 0.222. The van der Waals surface area contributed by atoms with Gasteiger partial charge in [-0.3, -0.25) is 0 Å². The molecule has 0 saturated heterocycles. The highest BCUT2D eigenvalue weighted by Crippen LogP contribution is 2.21. The largest absolute Gasteiger partial charge is 0.387 e. The fraction of sp³-hybridized carbons (Fsp3) is 0.235. The molecule has 0 aliphatic carbocycles. The van der Waals surface area contributed by atoms with Crippen LogP contribution in [0.3, 0.4) is 0 Å². The Morgan fingerprint density at radius 2 is 1.80 bits per heavy atom. The maximum Gasteiger partial charge on any atom is 0.143 e. The minimum atomic E-state index is -1.27. The van der Waals surface area contributed by atoms with Gasteiger partial charge in [-0.05, 0) is 47.2 Å². The van der Waals surface area contributed by atoms with Crippen LogP contribution in [-0.2, 0) is 0 Å². The number of halogens is 2. The lowest BCUT2D eigenvalue weighted by Gasteiger charge is -2.18. The molecule has 2 unspecified atom stereocenters. The van der Waals surface area contributed by atoms with Crippen molar-refractivity contribution in [2.24, 2.45) is 0 Å². The Hall–Kier alpha value is -2.71. The van der Waals surface area contributed by atoms with Gasteiger partial charge >= 0.3 is 0 Å². The van der Waals surface area contributed by atoms with Crippen molar-refractivity contribution in [3.63, 3.8) is 0 Å². The monoisotopic (exact) mass is 345 g/mol. The van der Waals surface area contributed by atoms with Crippen molar-refractivity contribution in [2.75, 3.05) is 6.54 Å². The molecule has 0 bridgehead atoms. The van der Waals surface area contributed by atoms with Crippen LogP contribution < -0.4 is 5.32 Å². The topological polar surface area (TPSA) is 75.9 Å². The maximum atomic E-state index is 13.7. The van der Waals surface area contributed by atoms with E-state index in [4.69, 9.17) is 0 Å². The summed E-state index contributed by atoms with van der Waals surface area (Å²) < 4.78 is 28.9. The van der Waals surface area contributed by atoms with Crippen LogP contribution in [0.5, 0.6) is 0 Å². The van der Waals surface area contributed by atoms with Gasteiger partial charge in [-0.15, -0.1) is 5.10 Å². The summed E-state index contributed by atoms with van der Waals surface area (Å²) in [5.74, 6) is -1.51. The Kier molecular flexibility index (Phi) is 5.11. The molecule has 1 heterocycles. The fourth-order valence-electron chi connectivity index (χ4n) is 2.53. The maximum absolute atomic E-state index is 13.7. The van der Waals surface area contributed by atoms with Crippen LogP contribution in [-0.4, -0.2) is 31.9 Å². The van der Waals surface area contributed by atoms with Gasteiger partial charge in [0.15, 0.2) is 0 Å². The molecular formula is C17H17F2N5O. The number of aliphatic hydroxyl groups is 1. The Labute approximate surface area is 143 Å². The molecule has 0 amide bonds. The first-order chi connectivity index (χ1) is 12.1. The van der Waals surface area contributed by atoms with Gasteiger partial charge in [-0.2, -0.15) is 0 Å². The zero-order valence-electron chi connectivity index (χ0n) is 13.5. The smallest absolute Gasteiger partial charge is 0.143 e. The van der Waals surface area contributed by atoms with Crippen LogP contribution >= 0.6 is 0 Å². The van der Waals surface area contributed by atoms with Crippen molar-refractivity contribution < 1.29 is 13.9 Å². The molecule has 0 radical (unpaired) electrons. The molecule has 6 nitrogen and oxygen atoms in total. The second kappa shape index (κ2) is 7.45. The van der Waals surface area contributed by atoms with Crippen molar-refractivity contribution in [1.82, 2.24) is 25.5 Å². The molecule has 3 aromatic rings. The van der Waals surface area contributed by atoms with Crippen LogP contribution in [0.1, 0.15) is 30.2 Å². The van der Waals surface area contributed by atoms with Gasteiger partial charge in [0.05, 0.1) is 17.4 Å². The van der Waals surface area contributed by atoms with E-state index in [9.17, 15) is 13.9 Å². The molecule has 0 spiro atoms. The second-order valence-electron chi connectivity index (χ2n) is 5.63. The average molecular weight is 345 g/mol. The third-order valence-corrected chi connectivity index (χ3v) is 3.96. The van der Waals surface area contributed by atoms with Gasteiger partial charge in [-0.1, -0.05) is 18.2 Å². The minimum absolute atomic E-state index is 0.0216. The fourth-order valence-corrected chi connectivity index (χ4v) is 2.53. The van der Waals surface area contributed by atoms with Crippen LogP contribution in [0, 0.1) is 11.6 Å². The van der Waals surface area contributed by atoms with E-state index < -0.39 is 17.7 Å². The van der Waals surface area contributed by atoms with Crippen molar-refractivity contribution >= 4 is 0 Å². The quantitative estimate of drug-likeness (QED) is 0.717. The number of nitrogens with zero attached hydrogens (tertiary/aromatic N) is 4. The summed E-state index contributed by atoms with van der Waals surface area (Å²) in [6.45, 7) is 1.92.